The number of hydrogen-bond donors (Lipinski definition) is 3. The summed E-state index contributed by atoms with van der Waals surface area (Å²) in [7, 11) is 0. The van der Waals surface area contributed by atoms with E-state index < -0.39 is 17.3 Å². The first-order chi connectivity index (χ1) is 8.09. The highest BCUT2D eigenvalue weighted by atomic mass is 16.3. The van der Waals surface area contributed by atoms with E-state index >= 15 is 0 Å². The van der Waals surface area contributed by atoms with E-state index in [1.165, 1.54) is 0 Å². The lowest BCUT2D eigenvalue weighted by atomic mass is 9.75. The average molecular weight is 254 g/mol. The Morgan fingerprint density at radius 1 is 0.944 bits per heavy atom. The molecule has 0 saturated heterocycles. The second kappa shape index (κ2) is 3.31. The van der Waals surface area contributed by atoms with Gasteiger partial charge in [0.15, 0.2) is 0 Å². The summed E-state index contributed by atoms with van der Waals surface area (Å²) in [4.78, 5) is 0. The van der Waals surface area contributed by atoms with Gasteiger partial charge in [0.25, 0.3) is 0 Å². The van der Waals surface area contributed by atoms with Gasteiger partial charge in [-0.15, -0.1) is 0 Å². The van der Waals surface area contributed by atoms with Gasteiger partial charge in [-0.05, 0) is 56.3 Å². The molecule has 0 radical (unpaired) electrons. The van der Waals surface area contributed by atoms with Crippen LogP contribution in [0.25, 0.3) is 0 Å². The highest BCUT2D eigenvalue weighted by molar-refractivity contribution is 5.18. The SMILES string of the molecule is CC1(O)CC2C(C1O)C(C)(O)CCC1C2C1(C)C. The van der Waals surface area contributed by atoms with Crippen LogP contribution in [0.3, 0.4) is 0 Å². The quantitative estimate of drug-likeness (QED) is 0.614. The lowest BCUT2D eigenvalue weighted by Gasteiger charge is -2.37. The Hall–Kier alpha value is -0.120. The Morgan fingerprint density at radius 2 is 1.56 bits per heavy atom. The molecule has 7 unspecified atom stereocenters. The molecule has 3 rings (SSSR count). The fourth-order valence-electron chi connectivity index (χ4n) is 5.30. The molecule has 18 heavy (non-hydrogen) atoms. The Kier molecular flexibility index (Phi) is 2.37. The third-order valence-corrected chi connectivity index (χ3v) is 6.37. The predicted octanol–water partition coefficient (Wildman–Crippen LogP) is 1.55. The summed E-state index contributed by atoms with van der Waals surface area (Å²) in [6, 6.07) is 0. The van der Waals surface area contributed by atoms with Crippen molar-refractivity contribution in [3.8, 4) is 0 Å². The van der Waals surface area contributed by atoms with Crippen molar-refractivity contribution in [3.05, 3.63) is 0 Å². The number of hydrogen-bond acceptors (Lipinski definition) is 3. The normalized spacial score (nSPS) is 61.8. The molecule has 3 aliphatic rings. The van der Waals surface area contributed by atoms with E-state index in [4.69, 9.17) is 0 Å². The number of rotatable bonds is 0. The van der Waals surface area contributed by atoms with Gasteiger partial charge in [-0.1, -0.05) is 13.8 Å². The summed E-state index contributed by atoms with van der Waals surface area (Å²) >= 11 is 0. The van der Waals surface area contributed by atoms with Crippen LogP contribution in [-0.4, -0.2) is 32.6 Å². The van der Waals surface area contributed by atoms with Gasteiger partial charge in [0.05, 0.1) is 17.3 Å². The topological polar surface area (TPSA) is 60.7 Å². The van der Waals surface area contributed by atoms with Crippen molar-refractivity contribution in [2.75, 3.05) is 0 Å². The summed E-state index contributed by atoms with van der Waals surface area (Å²) in [6.07, 6.45) is 1.62. The monoisotopic (exact) mass is 254 g/mol. The maximum absolute atomic E-state index is 10.7. The van der Waals surface area contributed by atoms with Crippen molar-refractivity contribution in [2.45, 2.75) is 64.3 Å². The lowest BCUT2D eigenvalue weighted by Crippen LogP contribution is -2.47. The fourth-order valence-corrected chi connectivity index (χ4v) is 5.30. The Labute approximate surface area is 109 Å². The molecule has 0 aromatic carbocycles. The molecule has 3 saturated carbocycles. The molecule has 3 nitrogen and oxygen atoms in total. The second-order valence-corrected chi connectivity index (χ2v) is 8.05. The van der Waals surface area contributed by atoms with Gasteiger partial charge < -0.3 is 15.3 Å². The molecule has 0 amide bonds. The molecule has 0 spiro atoms. The van der Waals surface area contributed by atoms with Crippen LogP contribution in [0.4, 0.5) is 0 Å². The number of aliphatic hydroxyl groups excluding tert-OH is 1. The minimum atomic E-state index is -1.04. The molecule has 104 valence electrons. The van der Waals surface area contributed by atoms with Crippen molar-refractivity contribution in [2.24, 2.45) is 29.1 Å². The van der Waals surface area contributed by atoms with Crippen molar-refractivity contribution in [1.82, 2.24) is 0 Å². The van der Waals surface area contributed by atoms with Crippen molar-refractivity contribution in [1.29, 1.82) is 0 Å². The molecule has 7 atom stereocenters. The maximum Gasteiger partial charge on any atom is 0.0884 e. The fraction of sp³-hybridized carbons (Fsp3) is 1.00. The summed E-state index contributed by atoms with van der Waals surface area (Å²) < 4.78 is 0. The molecule has 0 aliphatic heterocycles. The van der Waals surface area contributed by atoms with Gasteiger partial charge in [-0.25, -0.2) is 0 Å². The lowest BCUT2D eigenvalue weighted by molar-refractivity contribution is -0.111. The van der Waals surface area contributed by atoms with Crippen LogP contribution in [0, 0.1) is 29.1 Å². The Bertz CT molecular complexity index is 372. The van der Waals surface area contributed by atoms with Gasteiger partial charge >= 0.3 is 0 Å². The molecular weight excluding hydrogens is 228 g/mol. The van der Waals surface area contributed by atoms with Crippen LogP contribution in [-0.2, 0) is 0 Å². The van der Waals surface area contributed by atoms with E-state index in [0.717, 1.165) is 12.8 Å². The molecular formula is C15H26O3. The third kappa shape index (κ3) is 1.47. The van der Waals surface area contributed by atoms with Crippen molar-refractivity contribution in [3.63, 3.8) is 0 Å². The maximum atomic E-state index is 10.7. The number of aliphatic hydroxyl groups is 3. The zero-order chi connectivity index (χ0) is 13.5. The van der Waals surface area contributed by atoms with Gasteiger partial charge in [0, 0.05) is 5.92 Å². The zero-order valence-electron chi connectivity index (χ0n) is 11.8. The first-order valence-corrected chi connectivity index (χ1v) is 7.22. The molecule has 3 fully saturated rings. The van der Waals surface area contributed by atoms with E-state index in [1.807, 2.05) is 6.92 Å². The van der Waals surface area contributed by atoms with Crippen LogP contribution in [0.2, 0.25) is 0 Å². The smallest absolute Gasteiger partial charge is 0.0884 e. The highest BCUT2D eigenvalue weighted by Gasteiger charge is 2.69. The minimum absolute atomic E-state index is 0.177. The molecule has 0 aromatic heterocycles. The van der Waals surface area contributed by atoms with E-state index in [0.29, 0.717) is 23.7 Å². The van der Waals surface area contributed by atoms with Crippen LogP contribution in [0.1, 0.15) is 47.0 Å². The van der Waals surface area contributed by atoms with Crippen LogP contribution in [0.15, 0.2) is 0 Å². The molecule has 3 N–H and O–H groups in total. The van der Waals surface area contributed by atoms with E-state index in [-0.39, 0.29) is 11.8 Å². The van der Waals surface area contributed by atoms with Crippen molar-refractivity contribution < 1.29 is 15.3 Å². The first-order valence-electron chi connectivity index (χ1n) is 7.22. The van der Waals surface area contributed by atoms with E-state index in [2.05, 4.69) is 13.8 Å². The average Bonchev–Trinajstić information content (AvgIpc) is 2.68. The van der Waals surface area contributed by atoms with Crippen molar-refractivity contribution >= 4 is 0 Å². The Balaban J connectivity index is 1.99. The summed E-state index contributed by atoms with van der Waals surface area (Å²) in [5, 5.41) is 31.4. The molecule has 3 aliphatic carbocycles. The summed E-state index contributed by atoms with van der Waals surface area (Å²) in [6.45, 7) is 8.14. The van der Waals surface area contributed by atoms with Crippen LogP contribution in [0.5, 0.6) is 0 Å². The zero-order valence-corrected chi connectivity index (χ0v) is 11.8. The van der Waals surface area contributed by atoms with Crippen LogP contribution < -0.4 is 0 Å². The standard InChI is InChI=1S/C15H26O3/c1-13(2)9-5-6-14(3,17)11-8(10(9)13)7-15(4,18)12(11)16/h8-12,16-18H,5-7H2,1-4H3. The highest BCUT2D eigenvalue weighted by Crippen LogP contribution is 2.71. The van der Waals surface area contributed by atoms with Gasteiger partial charge in [-0.2, -0.15) is 0 Å². The van der Waals surface area contributed by atoms with E-state index in [1.54, 1.807) is 6.92 Å². The van der Waals surface area contributed by atoms with Crippen LogP contribution >= 0.6 is 0 Å². The molecule has 0 aromatic rings. The number of fused-ring (bicyclic) bond motifs is 3. The third-order valence-electron chi connectivity index (χ3n) is 6.37. The first kappa shape index (κ1) is 12.9. The minimum Gasteiger partial charge on any atom is -0.390 e. The molecule has 3 heteroatoms. The van der Waals surface area contributed by atoms with Gasteiger partial charge in [0.2, 0.25) is 0 Å². The molecule has 0 heterocycles. The van der Waals surface area contributed by atoms with Gasteiger partial charge in [-0.3, -0.25) is 0 Å². The van der Waals surface area contributed by atoms with Gasteiger partial charge in [0.1, 0.15) is 0 Å². The second-order valence-electron chi connectivity index (χ2n) is 8.05. The molecule has 0 bridgehead atoms. The predicted molar refractivity (Wildman–Crippen MR) is 68.8 cm³/mol. The van der Waals surface area contributed by atoms with E-state index in [9.17, 15) is 15.3 Å². The Morgan fingerprint density at radius 3 is 2.17 bits per heavy atom. The largest absolute Gasteiger partial charge is 0.390 e. The summed E-state index contributed by atoms with van der Waals surface area (Å²) in [5.74, 6) is 1.29. The summed E-state index contributed by atoms with van der Waals surface area (Å²) in [5.41, 5.74) is -1.56.